The lowest BCUT2D eigenvalue weighted by Crippen LogP contribution is -2.30. The quantitative estimate of drug-likeness (QED) is 0.763. The third-order valence-corrected chi connectivity index (χ3v) is 3.07. The Morgan fingerprint density at radius 1 is 1.47 bits per heavy atom. The number of amides is 1. The molecule has 0 spiro atoms. The van der Waals surface area contributed by atoms with Gasteiger partial charge in [-0.15, -0.1) is 0 Å². The Morgan fingerprint density at radius 3 is 2.65 bits per heavy atom. The number of sulfone groups is 1. The molecule has 0 saturated carbocycles. The number of pyridine rings is 1. The van der Waals surface area contributed by atoms with Gasteiger partial charge < -0.3 is 9.88 Å². The summed E-state index contributed by atoms with van der Waals surface area (Å²) in [6.45, 7) is 0.0346. The van der Waals surface area contributed by atoms with Gasteiger partial charge in [-0.25, -0.2) is 8.42 Å². The van der Waals surface area contributed by atoms with Crippen molar-refractivity contribution in [2.24, 2.45) is 7.05 Å². The Labute approximate surface area is 99.2 Å². The fourth-order valence-corrected chi connectivity index (χ4v) is 1.61. The molecule has 0 atom stereocenters. The SMILES string of the molecule is Cn1ccc(C(=O)NCCS(C)(=O)=O)cc1=O. The molecule has 17 heavy (non-hydrogen) atoms. The van der Waals surface area contributed by atoms with Gasteiger partial charge >= 0.3 is 0 Å². The standard InChI is InChI=1S/C10H14N2O4S/c1-12-5-3-8(7-9(12)13)10(14)11-4-6-17(2,15)16/h3,5,7H,4,6H2,1-2H3,(H,11,14). The van der Waals surface area contributed by atoms with E-state index in [9.17, 15) is 18.0 Å². The van der Waals surface area contributed by atoms with Crippen LogP contribution >= 0.6 is 0 Å². The number of aryl methyl sites for hydroxylation is 1. The van der Waals surface area contributed by atoms with Gasteiger partial charge in [-0.1, -0.05) is 0 Å². The lowest BCUT2D eigenvalue weighted by atomic mass is 10.2. The van der Waals surface area contributed by atoms with Crippen molar-refractivity contribution in [2.75, 3.05) is 18.6 Å². The Balaban J connectivity index is 2.65. The van der Waals surface area contributed by atoms with E-state index in [2.05, 4.69) is 5.32 Å². The first kappa shape index (κ1) is 13.4. The second-order valence-electron chi connectivity index (χ2n) is 3.75. The zero-order valence-electron chi connectivity index (χ0n) is 9.63. The molecule has 0 aliphatic rings. The van der Waals surface area contributed by atoms with Crippen molar-refractivity contribution >= 4 is 15.7 Å². The molecule has 1 rings (SSSR count). The van der Waals surface area contributed by atoms with E-state index in [-0.39, 0.29) is 23.4 Å². The topological polar surface area (TPSA) is 85.2 Å². The molecule has 94 valence electrons. The van der Waals surface area contributed by atoms with Crippen molar-refractivity contribution in [1.29, 1.82) is 0 Å². The largest absolute Gasteiger partial charge is 0.351 e. The Hall–Kier alpha value is -1.63. The fraction of sp³-hybridized carbons (Fsp3) is 0.400. The molecule has 1 amide bonds. The number of nitrogens with one attached hydrogen (secondary N) is 1. The van der Waals surface area contributed by atoms with Crippen LogP contribution in [-0.2, 0) is 16.9 Å². The van der Waals surface area contributed by atoms with Gasteiger partial charge in [-0.2, -0.15) is 0 Å². The first-order valence-electron chi connectivity index (χ1n) is 4.92. The second-order valence-corrected chi connectivity index (χ2v) is 6.01. The highest BCUT2D eigenvalue weighted by Crippen LogP contribution is 1.93. The maximum absolute atomic E-state index is 11.5. The minimum atomic E-state index is -3.10. The van der Waals surface area contributed by atoms with Crippen molar-refractivity contribution in [3.05, 3.63) is 34.2 Å². The normalized spacial score (nSPS) is 11.2. The van der Waals surface area contributed by atoms with Crippen LogP contribution in [0.4, 0.5) is 0 Å². The third kappa shape index (κ3) is 4.39. The Kier molecular flexibility index (Phi) is 4.06. The first-order valence-corrected chi connectivity index (χ1v) is 6.98. The molecular weight excluding hydrogens is 244 g/mol. The number of hydrogen-bond acceptors (Lipinski definition) is 4. The van der Waals surface area contributed by atoms with E-state index < -0.39 is 15.7 Å². The molecule has 6 nitrogen and oxygen atoms in total. The molecule has 0 aromatic carbocycles. The van der Waals surface area contributed by atoms with Crippen LogP contribution < -0.4 is 10.9 Å². The lowest BCUT2D eigenvalue weighted by molar-refractivity contribution is 0.0956. The van der Waals surface area contributed by atoms with Crippen LogP contribution in [0.25, 0.3) is 0 Å². The highest BCUT2D eigenvalue weighted by Gasteiger charge is 2.08. The molecule has 1 N–H and O–H groups in total. The van der Waals surface area contributed by atoms with Gasteiger partial charge in [0.15, 0.2) is 0 Å². The summed E-state index contributed by atoms with van der Waals surface area (Å²) in [6, 6.07) is 2.70. The molecule has 1 aromatic heterocycles. The van der Waals surface area contributed by atoms with Crippen molar-refractivity contribution in [2.45, 2.75) is 0 Å². The minimum absolute atomic E-state index is 0.0346. The number of hydrogen-bond donors (Lipinski definition) is 1. The third-order valence-electron chi connectivity index (χ3n) is 2.12. The molecule has 0 saturated heterocycles. The Morgan fingerprint density at radius 2 is 2.12 bits per heavy atom. The molecule has 1 aromatic rings. The summed E-state index contributed by atoms with van der Waals surface area (Å²) in [5, 5.41) is 2.44. The van der Waals surface area contributed by atoms with Crippen molar-refractivity contribution < 1.29 is 13.2 Å². The van der Waals surface area contributed by atoms with Gasteiger partial charge in [0.2, 0.25) is 0 Å². The molecule has 1 heterocycles. The highest BCUT2D eigenvalue weighted by molar-refractivity contribution is 7.90. The molecular formula is C10H14N2O4S. The molecule has 0 aliphatic carbocycles. The van der Waals surface area contributed by atoms with Gasteiger partial charge in [0, 0.05) is 37.7 Å². The van der Waals surface area contributed by atoms with Gasteiger partial charge in [-0.05, 0) is 6.07 Å². The lowest BCUT2D eigenvalue weighted by Gasteiger charge is -2.04. The zero-order valence-corrected chi connectivity index (χ0v) is 10.5. The van der Waals surface area contributed by atoms with Crippen LogP contribution in [0.1, 0.15) is 10.4 Å². The van der Waals surface area contributed by atoms with Gasteiger partial charge in [0.05, 0.1) is 5.75 Å². The average molecular weight is 258 g/mol. The van der Waals surface area contributed by atoms with E-state index in [1.165, 1.54) is 22.9 Å². The maximum atomic E-state index is 11.5. The zero-order chi connectivity index (χ0) is 13.1. The molecule has 0 unspecified atom stereocenters. The molecule has 0 radical (unpaired) electrons. The second kappa shape index (κ2) is 5.13. The predicted molar refractivity (Wildman–Crippen MR) is 63.7 cm³/mol. The number of carbonyl (C=O) groups is 1. The van der Waals surface area contributed by atoms with Crippen molar-refractivity contribution in [3.63, 3.8) is 0 Å². The minimum Gasteiger partial charge on any atom is -0.351 e. The smallest absolute Gasteiger partial charge is 0.251 e. The summed E-state index contributed by atoms with van der Waals surface area (Å²) in [5.74, 6) is -0.574. The number of aromatic nitrogens is 1. The van der Waals surface area contributed by atoms with Crippen LogP contribution in [0.5, 0.6) is 0 Å². The Bertz CT molecular complexity index is 574. The van der Waals surface area contributed by atoms with Crippen LogP contribution in [0, 0.1) is 0 Å². The monoisotopic (exact) mass is 258 g/mol. The van der Waals surface area contributed by atoms with Gasteiger partial charge in [-0.3, -0.25) is 9.59 Å². The summed E-state index contributed by atoms with van der Waals surface area (Å²) < 4.78 is 23.0. The van der Waals surface area contributed by atoms with E-state index in [1.807, 2.05) is 0 Å². The first-order chi connectivity index (χ1) is 7.79. The molecule has 0 fully saturated rings. The summed E-state index contributed by atoms with van der Waals surface area (Å²) in [7, 11) is -1.52. The van der Waals surface area contributed by atoms with E-state index in [4.69, 9.17) is 0 Å². The van der Waals surface area contributed by atoms with Crippen LogP contribution in [0.2, 0.25) is 0 Å². The van der Waals surface area contributed by atoms with E-state index >= 15 is 0 Å². The molecule has 0 bridgehead atoms. The highest BCUT2D eigenvalue weighted by atomic mass is 32.2. The summed E-state index contributed by atoms with van der Waals surface area (Å²) in [6.07, 6.45) is 2.57. The maximum Gasteiger partial charge on any atom is 0.251 e. The van der Waals surface area contributed by atoms with E-state index in [0.717, 1.165) is 6.26 Å². The number of rotatable bonds is 4. The predicted octanol–water partition coefficient (Wildman–Crippen LogP) is -0.840. The summed E-state index contributed by atoms with van der Waals surface area (Å²) in [4.78, 5) is 22.8. The van der Waals surface area contributed by atoms with Crippen LogP contribution in [0.15, 0.2) is 23.1 Å². The van der Waals surface area contributed by atoms with Gasteiger partial charge in [0.1, 0.15) is 9.84 Å². The number of carbonyl (C=O) groups excluding carboxylic acids is 1. The summed E-state index contributed by atoms with van der Waals surface area (Å²) >= 11 is 0. The van der Waals surface area contributed by atoms with E-state index in [1.54, 1.807) is 7.05 Å². The average Bonchev–Trinajstić information content (AvgIpc) is 2.20. The van der Waals surface area contributed by atoms with Crippen molar-refractivity contribution in [1.82, 2.24) is 9.88 Å². The van der Waals surface area contributed by atoms with Crippen LogP contribution in [0.3, 0.4) is 0 Å². The van der Waals surface area contributed by atoms with Gasteiger partial charge in [0.25, 0.3) is 11.5 Å². The fourth-order valence-electron chi connectivity index (χ4n) is 1.14. The van der Waals surface area contributed by atoms with E-state index in [0.29, 0.717) is 0 Å². The summed E-state index contributed by atoms with van der Waals surface area (Å²) in [5.41, 5.74) is -0.0673. The molecule has 7 heteroatoms. The van der Waals surface area contributed by atoms with Crippen LogP contribution in [-0.4, -0.2) is 37.4 Å². The van der Waals surface area contributed by atoms with Crippen molar-refractivity contribution in [3.8, 4) is 0 Å². The number of nitrogens with zero attached hydrogens (tertiary/aromatic N) is 1. The molecule has 0 aliphatic heterocycles.